The van der Waals surface area contributed by atoms with Crippen molar-refractivity contribution in [2.75, 3.05) is 0 Å². The van der Waals surface area contributed by atoms with Crippen molar-refractivity contribution in [1.82, 2.24) is 14.3 Å². The lowest BCUT2D eigenvalue weighted by Crippen LogP contribution is -2.00. The molecule has 0 amide bonds. The maximum atomic E-state index is 13.8. The molecule has 0 saturated carbocycles. The van der Waals surface area contributed by atoms with E-state index in [1.807, 2.05) is 6.07 Å². The Kier molecular flexibility index (Phi) is 3.98. The topological polar surface area (TPSA) is 22.8 Å². The fraction of sp³-hybridized carbons (Fsp3) is 0.125. The van der Waals surface area contributed by atoms with E-state index in [0.717, 1.165) is 23.7 Å². The monoisotopic (exact) mass is 387 g/mol. The van der Waals surface area contributed by atoms with E-state index in [4.69, 9.17) is 0 Å². The van der Waals surface area contributed by atoms with Gasteiger partial charge in [-0.3, -0.25) is 0 Å². The van der Waals surface area contributed by atoms with E-state index in [1.54, 1.807) is 23.0 Å². The lowest BCUT2D eigenvalue weighted by Gasteiger charge is -2.09. The average Bonchev–Trinajstić information content (AvgIpc) is 3.32. The number of hydrogen-bond acceptors (Lipinski definition) is 1. The van der Waals surface area contributed by atoms with Crippen molar-refractivity contribution in [3.05, 3.63) is 84.1 Å². The molecule has 0 saturated heterocycles. The van der Waals surface area contributed by atoms with E-state index in [0.29, 0.717) is 11.3 Å². The SMILES string of the molecule is CCn1c2ccc(C)cc2c2cc(-n3nccc3-c3ccc(F)c(F)c3)ccc21. The van der Waals surface area contributed by atoms with E-state index in [9.17, 15) is 8.78 Å². The van der Waals surface area contributed by atoms with Crippen molar-refractivity contribution in [3.63, 3.8) is 0 Å². The van der Waals surface area contributed by atoms with Gasteiger partial charge in [0.25, 0.3) is 0 Å². The van der Waals surface area contributed by atoms with E-state index < -0.39 is 11.6 Å². The minimum Gasteiger partial charge on any atom is -0.341 e. The third-order valence-electron chi connectivity index (χ3n) is 5.42. The Hall–Kier alpha value is -3.47. The van der Waals surface area contributed by atoms with E-state index in [1.165, 1.54) is 28.0 Å². The predicted octanol–water partition coefficient (Wildman–Crippen LogP) is 6.25. The molecule has 0 N–H and O–H groups in total. The van der Waals surface area contributed by atoms with Crippen molar-refractivity contribution in [1.29, 1.82) is 0 Å². The van der Waals surface area contributed by atoms with Crippen LogP contribution in [0.1, 0.15) is 12.5 Å². The lowest BCUT2D eigenvalue weighted by atomic mass is 10.1. The molecule has 0 unspecified atom stereocenters. The van der Waals surface area contributed by atoms with Crippen LogP contribution >= 0.6 is 0 Å². The number of nitrogens with zero attached hydrogens (tertiary/aromatic N) is 3. The normalized spacial score (nSPS) is 11.6. The molecule has 0 aliphatic rings. The Bertz CT molecular complexity index is 1380. The summed E-state index contributed by atoms with van der Waals surface area (Å²) < 4.78 is 31.2. The van der Waals surface area contributed by atoms with Crippen LogP contribution in [0.4, 0.5) is 8.78 Å². The van der Waals surface area contributed by atoms with Gasteiger partial charge in [0.05, 0.1) is 17.6 Å². The Morgan fingerprint density at radius 3 is 2.34 bits per heavy atom. The first kappa shape index (κ1) is 17.6. The zero-order valence-electron chi connectivity index (χ0n) is 16.2. The summed E-state index contributed by atoms with van der Waals surface area (Å²) in [4.78, 5) is 0. The second-order valence-electron chi connectivity index (χ2n) is 7.22. The van der Waals surface area contributed by atoms with Gasteiger partial charge in [-0.25, -0.2) is 13.5 Å². The van der Waals surface area contributed by atoms with Gasteiger partial charge in [0.1, 0.15) is 0 Å². The zero-order chi connectivity index (χ0) is 20.1. The first-order chi connectivity index (χ1) is 14.1. The summed E-state index contributed by atoms with van der Waals surface area (Å²) >= 11 is 0. The van der Waals surface area contributed by atoms with Crippen LogP contribution in [0.5, 0.6) is 0 Å². The molecule has 5 aromatic rings. The predicted molar refractivity (Wildman–Crippen MR) is 112 cm³/mol. The van der Waals surface area contributed by atoms with Crippen molar-refractivity contribution in [2.24, 2.45) is 0 Å². The largest absolute Gasteiger partial charge is 0.341 e. The lowest BCUT2D eigenvalue weighted by molar-refractivity contribution is 0.509. The molecule has 0 aliphatic heterocycles. The van der Waals surface area contributed by atoms with Gasteiger partial charge in [-0.1, -0.05) is 11.6 Å². The number of rotatable bonds is 3. The quantitative estimate of drug-likeness (QED) is 0.359. The summed E-state index contributed by atoms with van der Waals surface area (Å²) in [6, 6.07) is 18.4. The third kappa shape index (κ3) is 2.73. The number of halogens is 2. The van der Waals surface area contributed by atoms with Crippen molar-refractivity contribution >= 4 is 21.8 Å². The molecule has 5 rings (SSSR count). The molecule has 0 fully saturated rings. The number of aromatic nitrogens is 3. The van der Waals surface area contributed by atoms with Crippen molar-refractivity contribution in [2.45, 2.75) is 20.4 Å². The van der Waals surface area contributed by atoms with Crippen LogP contribution in [0, 0.1) is 18.6 Å². The summed E-state index contributed by atoms with van der Waals surface area (Å²) in [6.07, 6.45) is 1.67. The first-order valence-corrected chi connectivity index (χ1v) is 9.59. The highest BCUT2D eigenvalue weighted by molar-refractivity contribution is 6.09. The minimum atomic E-state index is -0.868. The van der Waals surface area contributed by atoms with Crippen LogP contribution < -0.4 is 0 Å². The van der Waals surface area contributed by atoms with Crippen LogP contribution in [0.25, 0.3) is 38.8 Å². The number of hydrogen-bond donors (Lipinski definition) is 0. The van der Waals surface area contributed by atoms with Crippen LogP contribution in [0.15, 0.2) is 66.9 Å². The maximum Gasteiger partial charge on any atom is 0.159 e. The second kappa shape index (κ2) is 6.55. The highest BCUT2D eigenvalue weighted by Gasteiger charge is 2.14. The van der Waals surface area contributed by atoms with Gasteiger partial charge in [-0.05, 0) is 68.4 Å². The van der Waals surface area contributed by atoms with Gasteiger partial charge in [0, 0.05) is 33.9 Å². The number of benzene rings is 3. The summed E-state index contributed by atoms with van der Waals surface area (Å²) in [5.41, 5.74) is 5.73. The molecular weight excluding hydrogens is 368 g/mol. The fourth-order valence-electron chi connectivity index (χ4n) is 4.06. The third-order valence-corrected chi connectivity index (χ3v) is 5.42. The summed E-state index contributed by atoms with van der Waals surface area (Å²) in [6.45, 7) is 5.11. The highest BCUT2D eigenvalue weighted by atomic mass is 19.2. The molecule has 0 atom stereocenters. The molecule has 2 heterocycles. The Labute approximate surface area is 166 Å². The van der Waals surface area contributed by atoms with E-state index in [-0.39, 0.29) is 0 Å². The molecule has 3 nitrogen and oxygen atoms in total. The average molecular weight is 387 g/mol. The second-order valence-corrected chi connectivity index (χ2v) is 7.22. The molecule has 0 radical (unpaired) electrons. The van der Waals surface area contributed by atoms with Crippen LogP contribution in [0.2, 0.25) is 0 Å². The fourth-order valence-corrected chi connectivity index (χ4v) is 4.06. The summed E-state index contributed by atoms with van der Waals surface area (Å²) in [5.74, 6) is -1.73. The first-order valence-electron chi connectivity index (χ1n) is 9.59. The molecular formula is C24H19F2N3. The van der Waals surface area contributed by atoms with Gasteiger partial charge in [0.2, 0.25) is 0 Å². The number of fused-ring (bicyclic) bond motifs is 3. The maximum absolute atomic E-state index is 13.8. The smallest absolute Gasteiger partial charge is 0.159 e. The van der Waals surface area contributed by atoms with Crippen LogP contribution in [0.3, 0.4) is 0 Å². The molecule has 0 aliphatic carbocycles. The Morgan fingerprint density at radius 1 is 0.828 bits per heavy atom. The van der Waals surface area contributed by atoms with E-state index in [2.05, 4.69) is 53.8 Å². The zero-order valence-corrected chi connectivity index (χ0v) is 16.2. The van der Waals surface area contributed by atoms with Crippen LogP contribution in [-0.4, -0.2) is 14.3 Å². The van der Waals surface area contributed by atoms with Gasteiger partial charge in [-0.15, -0.1) is 0 Å². The van der Waals surface area contributed by atoms with Crippen molar-refractivity contribution in [3.8, 4) is 16.9 Å². The molecule has 2 aromatic heterocycles. The highest BCUT2D eigenvalue weighted by Crippen LogP contribution is 2.32. The standard InChI is InChI=1S/C24H19F2N3/c1-3-28-23-8-4-15(2)12-18(23)19-14-17(6-9-24(19)28)29-22(10-11-27-29)16-5-7-20(25)21(26)13-16/h4-14H,3H2,1-2H3. The van der Waals surface area contributed by atoms with Gasteiger partial charge in [0.15, 0.2) is 11.6 Å². The number of aryl methyl sites for hydroxylation is 2. The van der Waals surface area contributed by atoms with Gasteiger partial charge >= 0.3 is 0 Å². The van der Waals surface area contributed by atoms with E-state index >= 15 is 0 Å². The summed E-state index contributed by atoms with van der Waals surface area (Å²) in [5, 5.41) is 6.79. The van der Waals surface area contributed by atoms with Gasteiger partial charge in [-0.2, -0.15) is 5.10 Å². The molecule has 5 heteroatoms. The van der Waals surface area contributed by atoms with Crippen molar-refractivity contribution < 1.29 is 8.78 Å². The molecule has 0 spiro atoms. The summed E-state index contributed by atoms with van der Waals surface area (Å²) in [7, 11) is 0. The molecule has 144 valence electrons. The molecule has 29 heavy (non-hydrogen) atoms. The Morgan fingerprint density at radius 2 is 1.59 bits per heavy atom. The van der Waals surface area contributed by atoms with Gasteiger partial charge < -0.3 is 4.57 Å². The molecule has 0 bridgehead atoms. The van der Waals surface area contributed by atoms with Crippen LogP contribution in [-0.2, 0) is 6.54 Å². The minimum absolute atomic E-state index is 0.577. The Balaban J connectivity index is 1.73. The molecule has 3 aromatic carbocycles.